The minimum absolute atomic E-state index is 0.524. The van der Waals surface area contributed by atoms with Crippen LogP contribution in [-0.2, 0) is 0 Å². The lowest BCUT2D eigenvalue weighted by Crippen LogP contribution is -2.36. The highest BCUT2D eigenvalue weighted by molar-refractivity contribution is 5.83. The van der Waals surface area contributed by atoms with Crippen LogP contribution >= 0.6 is 0 Å². The molecule has 1 heterocycles. The van der Waals surface area contributed by atoms with E-state index in [0.29, 0.717) is 12.4 Å². The molecule has 1 aliphatic rings. The van der Waals surface area contributed by atoms with Gasteiger partial charge in [-0.15, -0.1) is 0 Å². The van der Waals surface area contributed by atoms with Crippen molar-refractivity contribution < 1.29 is 0 Å². The molecule has 0 atom stereocenters. The maximum absolute atomic E-state index is 5.31. The van der Waals surface area contributed by atoms with Crippen LogP contribution in [0.3, 0.4) is 0 Å². The largest absolute Gasteiger partial charge is 0.386 e. The average Bonchev–Trinajstić information content (AvgIpc) is 1.64. The second-order valence-corrected chi connectivity index (χ2v) is 1.59. The molecular weight excluding hydrogens is 104 g/mol. The standard InChI is InChI=1S/C4H8N4/c5-4-3-8(6)2-1-7-4/h1-2H,3,6H2,(H2,5,7). The van der Waals surface area contributed by atoms with Crippen LogP contribution in [0.25, 0.3) is 0 Å². The molecule has 0 saturated carbocycles. The molecule has 0 fully saturated rings. The van der Waals surface area contributed by atoms with Gasteiger partial charge >= 0.3 is 0 Å². The van der Waals surface area contributed by atoms with Gasteiger partial charge in [-0.1, -0.05) is 0 Å². The van der Waals surface area contributed by atoms with Gasteiger partial charge in [-0.3, -0.25) is 0 Å². The van der Waals surface area contributed by atoms with Crippen LogP contribution in [0.5, 0.6) is 0 Å². The normalized spacial score (nSPS) is 18.6. The first kappa shape index (κ1) is 5.11. The van der Waals surface area contributed by atoms with Gasteiger partial charge in [0.1, 0.15) is 5.84 Å². The number of hydrogen-bond donors (Lipinski definition) is 2. The molecule has 0 aromatic rings. The van der Waals surface area contributed by atoms with E-state index in [9.17, 15) is 0 Å². The predicted molar refractivity (Wildman–Crippen MR) is 31.7 cm³/mol. The van der Waals surface area contributed by atoms with E-state index >= 15 is 0 Å². The maximum atomic E-state index is 5.31. The highest BCUT2D eigenvalue weighted by Gasteiger charge is 1.98. The van der Waals surface area contributed by atoms with Gasteiger partial charge in [0.2, 0.25) is 0 Å². The van der Waals surface area contributed by atoms with Crippen molar-refractivity contribution in [1.29, 1.82) is 0 Å². The molecule has 0 saturated heterocycles. The highest BCUT2D eigenvalue weighted by atomic mass is 15.4. The Morgan fingerprint density at radius 1 is 1.75 bits per heavy atom. The second kappa shape index (κ2) is 1.83. The third-order valence-corrected chi connectivity index (χ3v) is 0.843. The fraction of sp³-hybridized carbons (Fsp3) is 0.250. The molecule has 0 aromatic carbocycles. The summed E-state index contributed by atoms with van der Waals surface area (Å²) in [5, 5.41) is 1.47. The van der Waals surface area contributed by atoms with Crippen molar-refractivity contribution in [1.82, 2.24) is 5.01 Å². The summed E-state index contributed by atoms with van der Waals surface area (Å²) >= 11 is 0. The maximum Gasteiger partial charge on any atom is 0.120 e. The Balaban J connectivity index is 2.59. The Bertz CT molecular complexity index is 137. The zero-order valence-electron chi connectivity index (χ0n) is 4.41. The molecule has 0 aromatic heterocycles. The van der Waals surface area contributed by atoms with Crippen molar-refractivity contribution in [3.63, 3.8) is 0 Å². The zero-order valence-corrected chi connectivity index (χ0v) is 4.41. The van der Waals surface area contributed by atoms with Gasteiger partial charge in [-0.25, -0.2) is 10.8 Å². The van der Waals surface area contributed by atoms with Crippen LogP contribution in [0.4, 0.5) is 0 Å². The molecule has 0 spiro atoms. The summed E-state index contributed by atoms with van der Waals surface area (Å²) in [5.41, 5.74) is 5.30. The number of rotatable bonds is 0. The Labute approximate surface area is 47.4 Å². The van der Waals surface area contributed by atoms with Gasteiger partial charge in [0, 0.05) is 12.4 Å². The van der Waals surface area contributed by atoms with Crippen LogP contribution < -0.4 is 11.6 Å². The number of hydrogen-bond acceptors (Lipinski definition) is 4. The molecule has 1 aliphatic heterocycles. The van der Waals surface area contributed by atoms with Gasteiger partial charge in [-0.05, 0) is 0 Å². The quantitative estimate of drug-likeness (QED) is 0.395. The van der Waals surface area contributed by atoms with Crippen LogP contribution in [0.2, 0.25) is 0 Å². The van der Waals surface area contributed by atoms with E-state index in [0.717, 1.165) is 0 Å². The van der Waals surface area contributed by atoms with Gasteiger partial charge in [0.15, 0.2) is 0 Å². The summed E-state index contributed by atoms with van der Waals surface area (Å²) < 4.78 is 0. The number of hydrazine groups is 1. The van der Waals surface area contributed by atoms with E-state index < -0.39 is 0 Å². The number of aliphatic imine (C=N–C) groups is 1. The fourth-order valence-corrected chi connectivity index (χ4v) is 0.495. The first-order chi connectivity index (χ1) is 3.79. The van der Waals surface area contributed by atoms with Crippen molar-refractivity contribution in [3.05, 3.63) is 12.4 Å². The molecule has 0 unspecified atom stereocenters. The third kappa shape index (κ3) is 0.974. The predicted octanol–water partition coefficient (Wildman–Crippen LogP) is -0.996. The second-order valence-electron chi connectivity index (χ2n) is 1.59. The van der Waals surface area contributed by atoms with Gasteiger partial charge < -0.3 is 10.7 Å². The van der Waals surface area contributed by atoms with Crippen LogP contribution in [0.15, 0.2) is 17.4 Å². The third-order valence-electron chi connectivity index (χ3n) is 0.843. The Hall–Kier alpha value is -1.03. The lowest BCUT2D eigenvalue weighted by atomic mass is 10.5. The first-order valence-corrected chi connectivity index (χ1v) is 2.29. The molecule has 0 aliphatic carbocycles. The number of amidine groups is 1. The highest BCUT2D eigenvalue weighted by Crippen LogP contribution is 1.88. The molecule has 4 heteroatoms. The molecule has 1 rings (SSSR count). The molecule has 44 valence electrons. The summed E-state index contributed by atoms with van der Waals surface area (Å²) in [4.78, 5) is 3.77. The molecule has 4 N–H and O–H groups in total. The Kier molecular flexibility index (Phi) is 1.17. The summed E-state index contributed by atoms with van der Waals surface area (Å²) in [5.74, 6) is 5.86. The van der Waals surface area contributed by atoms with E-state index in [2.05, 4.69) is 4.99 Å². The van der Waals surface area contributed by atoms with Gasteiger partial charge in [0.05, 0.1) is 6.54 Å². The van der Waals surface area contributed by atoms with E-state index in [1.54, 1.807) is 12.4 Å². The van der Waals surface area contributed by atoms with Crippen molar-refractivity contribution in [2.75, 3.05) is 6.54 Å². The summed E-state index contributed by atoms with van der Waals surface area (Å²) in [7, 11) is 0. The minimum atomic E-state index is 0.524. The van der Waals surface area contributed by atoms with Gasteiger partial charge in [0.25, 0.3) is 0 Å². The summed E-state index contributed by atoms with van der Waals surface area (Å²) in [6, 6.07) is 0. The number of nitrogens with two attached hydrogens (primary N) is 2. The molecular formula is C4H8N4. The van der Waals surface area contributed by atoms with E-state index in [1.165, 1.54) is 5.01 Å². The monoisotopic (exact) mass is 112 g/mol. The summed E-state index contributed by atoms with van der Waals surface area (Å²) in [6.45, 7) is 0.524. The SMILES string of the molecule is NC1=NC=CN(N)C1. The van der Waals surface area contributed by atoms with E-state index in [-0.39, 0.29) is 0 Å². The van der Waals surface area contributed by atoms with E-state index in [1.807, 2.05) is 0 Å². The summed E-state index contributed by atoms with van der Waals surface area (Å²) in [6.07, 6.45) is 3.23. The van der Waals surface area contributed by atoms with Gasteiger partial charge in [-0.2, -0.15) is 0 Å². The number of nitrogens with zero attached hydrogens (tertiary/aromatic N) is 2. The van der Waals surface area contributed by atoms with E-state index in [4.69, 9.17) is 11.6 Å². The van der Waals surface area contributed by atoms with Crippen LogP contribution in [0, 0.1) is 0 Å². The van der Waals surface area contributed by atoms with Crippen LogP contribution in [-0.4, -0.2) is 17.4 Å². The topological polar surface area (TPSA) is 67.6 Å². The molecule has 0 bridgehead atoms. The van der Waals surface area contributed by atoms with Crippen molar-refractivity contribution in [3.8, 4) is 0 Å². The van der Waals surface area contributed by atoms with Crippen LogP contribution in [0.1, 0.15) is 0 Å². The Morgan fingerprint density at radius 2 is 2.50 bits per heavy atom. The van der Waals surface area contributed by atoms with Crippen molar-refractivity contribution >= 4 is 5.84 Å². The smallest absolute Gasteiger partial charge is 0.120 e. The Morgan fingerprint density at radius 3 is 2.88 bits per heavy atom. The molecule has 0 amide bonds. The molecule has 0 radical (unpaired) electrons. The molecule has 4 nitrogen and oxygen atoms in total. The fourth-order valence-electron chi connectivity index (χ4n) is 0.495. The minimum Gasteiger partial charge on any atom is -0.386 e. The molecule has 8 heavy (non-hydrogen) atoms. The average molecular weight is 112 g/mol. The van der Waals surface area contributed by atoms with Crippen molar-refractivity contribution in [2.24, 2.45) is 16.6 Å². The van der Waals surface area contributed by atoms with Crippen molar-refractivity contribution in [2.45, 2.75) is 0 Å². The first-order valence-electron chi connectivity index (χ1n) is 2.29. The lowest BCUT2D eigenvalue weighted by Gasteiger charge is -2.14. The zero-order chi connectivity index (χ0) is 5.98. The lowest BCUT2D eigenvalue weighted by molar-refractivity contribution is 0.443.